The lowest BCUT2D eigenvalue weighted by molar-refractivity contribution is 0.102. The number of carbonyl (C=O) groups excluding carboxylic acids is 2. The van der Waals surface area contributed by atoms with Crippen molar-refractivity contribution in [2.24, 2.45) is 0 Å². The minimum atomic E-state index is -0.521. The summed E-state index contributed by atoms with van der Waals surface area (Å²) < 4.78 is 0. The Morgan fingerprint density at radius 2 is 1.88 bits per heavy atom. The van der Waals surface area contributed by atoms with E-state index in [1.54, 1.807) is 36.4 Å². The Kier molecular flexibility index (Phi) is 6.83. The van der Waals surface area contributed by atoms with E-state index in [9.17, 15) is 9.59 Å². The second-order valence-corrected chi connectivity index (χ2v) is 7.47. The van der Waals surface area contributed by atoms with Crippen LogP contribution in [0.4, 0.5) is 17.3 Å². The van der Waals surface area contributed by atoms with Gasteiger partial charge < -0.3 is 20.9 Å². The lowest BCUT2D eigenvalue weighted by Gasteiger charge is -2.20. The maximum Gasteiger partial charge on any atom is 0.277 e. The molecule has 3 aromatic heterocycles. The lowest BCUT2D eigenvalue weighted by Crippen LogP contribution is -2.29. The SMILES string of the molecule is O=C(Nc1cccnc1C(=O)Nc1ccc(Cl)cn1)c1ccc(N2CCCNCC2)nn1. The van der Waals surface area contributed by atoms with E-state index in [1.807, 2.05) is 0 Å². The molecule has 0 spiro atoms. The van der Waals surface area contributed by atoms with E-state index >= 15 is 0 Å². The van der Waals surface area contributed by atoms with Gasteiger partial charge in [0.05, 0.1) is 10.7 Å². The Bertz CT molecular complexity index is 1080. The highest BCUT2D eigenvalue weighted by molar-refractivity contribution is 6.30. The average molecular weight is 453 g/mol. The van der Waals surface area contributed by atoms with Crippen molar-refractivity contribution in [3.05, 3.63) is 65.2 Å². The molecule has 0 aromatic carbocycles. The number of hydrogen-bond donors (Lipinski definition) is 3. The molecule has 0 bridgehead atoms. The molecule has 1 saturated heterocycles. The van der Waals surface area contributed by atoms with Crippen molar-refractivity contribution in [2.75, 3.05) is 41.7 Å². The van der Waals surface area contributed by atoms with Crippen molar-refractivity contribution in [3.8, 4) is 0 Å². The molecule has 1 fully saturated rings. The Balaban J connectivity index is 1.45. The van der Waals surface area contributed by atoms with Crippen molar-refractivity contribution in [1.82, 2.24) is 25.5 Å². The molecule has 1 aliphatic rings. The molecule has 164 valence electrons. The normalized spacial score (nSPS) is 13.8. The second kappa shape index (κ2) is 10.1. The number of pyridine rings is 2. The molecule has 0 atom stereocenters. The summed E-state index contributed by atoms with van der Waals surface area (Å²) in [5, 5.41) is 17.4. The zero-order valence-electron chi connectivity index (χ0n) is 17.1. The first-order chi connectivity index (χ1) is 15.6. The molecule has 3 N–H and O–H groups in total. The number of amides is 2. The van der Waals surface area contributed by atoms with Crippen LogP contribution in [0, 0.1) is 0 Å². The summed E-state index contributed by atoms with van der Waals surface area (Å²) in [7, 11) is 0. The molecule has 1 aliphatic heterocycles. The van der Waals surface area contributed by atoms with Gasteiger partial charge in [0.25, 0.3) is 11.8 Å². The van der Waals surface area contributed by atoms with Crippen LogP contribution in [0.5, 0.6) is 0 Å². The third-order valence-corrected chi connectivity index (χ3v) is 5.01. The van der Waals surface area contributed by atoms with Crippen LogP contribution < -0.4 is 20.9 Å². The molecule has 3 aromatic rings. The van der Waals surface area contributed by atoms with Gasteiger partial charge in [0.1, 0.15) is 5.82 Å². The van der Waals surface area contributed by atoms with Crippen molar-refractivity contribution >= 4 is 40.7 Å². The molecular formula is C21H21ClN8O2. The van der Waals surface area contributed by atoms with Gasteiger partial charge in [-0.1, -0.05) is 11.6 Å². The van der Waals surface area contributed by atoms with Crippen LogP contribution in [0.2, 0.25) is 5.02 Å². The van der Waals surface area contributed by atoms with Crippen molar-refractivity contribution in [1.29, 1.82) is 0 Å². The monoisotopic (exact) mass is 452 g/mol. The van der Waals surface area contributed by atoms with Gasteiger partial charge in [-0.2, -0.15) is 0 Å². The van der Waals surface area contributed by atoms with E-state index < -0.39 is 11.8 Å². The number of hydrogen-bond acceptors (Lipinski definition) is 8. The van der Waals surface area contributed by atoms with Crippen molar-refractivity contribution in [2.45, 2.75) is 6.42 Å². The van der Waals surface area contributed by atoms with Gasteiger partial charge in [0.2, 0.25) is 0 Å². The smallest absolute Gasteiger partial charge is 0.277 e. The summed E-state index contributed by atoms with van der Waals surface area (Å²) in [5.41, 5.74) is 0.420. The highest BCUT2D eigenvalue weighted by atomic mass is 35.5. The predicted molar refractivity (Wildman–Crippen MR) is 121 cm³/mol. The first-order valence-electron chi connectivity index (χ1n) is 10.1. The molecule has 2 amide bonds. The average Bonchev–Trinajstić information content (AvgIpc) is 3.11. The number of anilines is 3. The lowest BCUT2D eigenvalue weighted by atomic mass is 10.2. The van der Waals surface area contributed by atoms with Crippen LogP contribution in [-0.4, -0.2) is 58.2 Å². The number of carbonyl (C=O) groups is 2. The van der Waals surface area contributed by atoms with E-state index in [-0.39, 0.29) is 17.1 Å². The third kappa shape index (κ3) is 5.34. The molecule has 0 aliphatic carbocycles. The molecule has 11 heteroatoms. The van der Waals surface area contributed by atoms with E-state index in [2.05, 4.69) is 41.0 Å². The predicted octanol–water partition coefficient (Wildman–Crippen LogP) is 2.22. The maximum absolute atomic E-state index is 12.7. The van der Waals surface area contributed by atoms with Crippen LogP contribution in [-0.2, 0) is 0 Å². The third-order valence-electron chi connectivity index (χ3n) is 4.79. The van der Waals surface area contributed by atoms with E-state index in [0.29, 0.717) is 10.8 Å². The second-order valence-electron chi connectivity index (χ2n) is 7.04. The Morgan fingerprint density at radius 1 is 0.969 bits per heavy atom. The molecule has 0 radical (unpaired) electrons. The Hall–Kier alpha value is -3.63. The standard InChI is InChI=1S/C21H21ClN8O2/c22-14-4-6-17(25-13-14)27-21(32)19-15(3-1-9-24-19)26-20(31)16-5-7-18(29-28-16)30-11-2-8-23-10-12-30/h1,3-7,9,13,23H,2,8,10-12H2,(H,26,31)(H,25,27,32). The molecule has 4 rings (SSSR count). The van der Waals surface area contributed by atoms with Gasteiger partial charge in [0, 0.05) is 32.0 Å². The maximum atomic E-state index is 12.7. The van der Waals surface area contributed by atoms with Crippen molar-refractivity contribution in [3.63, 3.8) is 0 Å². The first-order valence-corrected chi connectivity index (χ1v) is 10.5. The Labute approximate surface area is 189 Å². The zero-order valence-corrected chi connectivity index (χ0v) is 17.8. The number of nitrogens with one attached hydrogen (secondary N) is 3. The summed E-state index contributed by atoms with van der Waals surface area (Å²) in [4.78, 5) is 35.6. The number of nitrogens with zero attached hydrogens (tertiary/aromatic N) is 5. The number of aromatic nitrogens is 4. The number of halogens is 1. The summed E-state index contributed by atoms with van der Waals surface area (Å²) in [6.07, 6.45) is 3.90. The van der Waals surface area contributed by atoms with Crippen molar-refractivity contribution < 1.29 is 9.59 Å². The minimum absolute atomic E-state index is 0.0410. The topological polar surface area (TPSA) is 125 Å². The van der Waals surface area contributed by atoms with E-state index in [0.717, 1.165) is 38.4 Å². The summed E-state index contributed by atoms with van der Waals surface area (Å²) in [5.74, 6) is 0.0230. The summed E-state index contributed by atoms with van der Waals surface area (Å²) in [6.45, 7) is 3.56. The zero-order chi connectivity index (χ0) is 22.3. The van der Waals surface area contributed by atoms with Crippen LogP contribution in [0.25, 0.3) is 0 Å². The van der Waals surface area contributed by atoms with Gasteiger partial charge in [-0.3, -0.25) is 9.59 Å². The quantitative estimate of drug-likeness (QED) is 0.538. The Morgan fingerprint density at radius 3 is 2.66 bits per heavy atom. The molecule has 4 heterocycles. The van der Waals surface area contributed by atoms with Crippen LogP contribution in [0.3, 0.4) is 0 Å². The van der Waals surface area contributed by atoms with E-state index in [1.165, 1.54) is 12.4 Å². The van der Waals surface area contributed by atoms with E-state index in [4.69, 9.17) is 11.6 Å². The highest BCUT2D eigenvalue weighted by Crippen LogP contribution is 2.17. The largest absolute Gasteiger partial charge is 0.354 e. The summed E-state index contributed by atoms with van der Waals surface area (Å²) >= 11 is 5.82. The van der Waals surface area contributed by atoms with Crippen LogP contribution in [0.1, 0.15) is 27.4 Å². The molecule has 0 unspecified atom stereocenters. The van der Waals surface area contributed by atoms with Gasteiger partial charge in [-0.25, -0.2) is 9.97 Å². The van der Waals surface area contributed by atoms with Gasteiger partial charge in [-0.15, -0.1) is 10.2 Å². The molecular weight excluding hydrogens is 432 g/mol. The molecule has 32 heavy (non-hydrogen) atoms. The molecule has 0 saturated carbocycles. The van der Waals surface area contributed by atoms with Gasteiger partial charge in [0.15, 0.2) is 17.2 Å². The fourth-order valence-corrected chi connectivity index (χ4v) is 3.30. The number of rotatable bonds is 5. The summed E-state index contributed by atoms with van der Waals surface area (Å²) in [6, 6.07) is 9.77. The van der Waals surface area contributed by atoms with Crippen LogP contribution in [0.15, 0.2) is 48.8 Å². The van der Waals surface area contributed by atoms with Gasteiger partial charge >= 0.3 is 0 Å². The molecule has 10 nitrogen and oxygen atoms in total. The highest BCUT2D eigenvalue weighted by Gasteiger charge is 2.18. The fraction of sp³-hybridized carbons (Fsp3) is 0.238. The minimum Gasteiger partial charge on any atom is -0.354 e. The van der Waals surface area contributed by atoms with Gasteiger partial charge in [-0.05, 0) is 49.4 Å². The fourth-order valence-electron chi connectivity index (χ4n) is 3.19. The first kappa shape index (κ1) is 21.6. The van der Waals surface area contributed by atoms with Crippen LogP contribution >= 0.6 is 11.6 Å².